The molecule has 2 heterocycles. The molecule has 0 atom stereocenters. The van der Waals surface area contributed by atoms with Gasteiger partial charge < -0.3 is 9.47 Å². The van der Waals surface area contributed by atoms with Gasteiger partial charge in [0.2, 0.25) is 0 Å². The summed E-state index contributed by atoms with van der Waals surface area (Å²) >= 11 is 4.48. The lowest BCUT2D eigenvalue weighted by atomic mass is 10.1. The van der Waals surface area contributed by atoms with Gasteiger partial charge in [-0.3, -0.25) is 0 Å². The fraction of sp³-hybridized carbons (Fsp3) is 0.250. The number of benzene rings is 1. The van der Waals surface area contributed by atoms with Gasteiger partial charge in [0.15, 0.2) is 17.1 Å². The Morgan fingerprint density at radius 3 is 2.45 bits per heavy atom. The molecule has 0 radical (unpaired) electrons. The molecule has 0 unspecified atom stereocenters. The van der Waals surface area contributed by atoms with Crippen LogP contribution in [0.3, 0.4) is 0 Å². The third kappa shape index (κ3) is 2.29. The molecule has 0 spiro atoms. The van der Waals surface area contributed by atoms with E-state index in [-0.39, 0.29) is 0 Å². The summed E-state index contributed by atoms with van der Waals surface area (Å²) in [6.07, 6.45) is 0. The molecule has 3 aromatic rings. The van der Waals surface area contributed by atoms with E-state index in [0.29, 0.717) is 11.5 Å². The van der Waals surface area contributed by atoms with Gasteiger partial charge in [-0.15, -0.1) is 12.6 Å². The van der Waals surface area contributed by atoms with Gasteiger partial charge in [-0.1, -0.05) is 6.07 Å². The highest BCUT2D eigenvalue weighted by Gasteiger charge is 2.16. The second-order valence-electron chi connectivity index (χ2n) is 5.02. The number of rotatable bonds is 3. The zero-order chi connectivity index (χ0) is 15.9. The molecule has 2 aromatic heterocycles. The number of hydrogen-bond donors (Lipinski definition) is 1. The summed E-state index contributed by atoms with van der Waals surface area (Å²) in [5.41, 5.74) is 4.53. The van der Waals surface area contributed by atoms with Crippen molar-refractivity contribution in [2.75, 3.05) is 14.2 Å². The van der Waals surface area contributed by atoms with Crippen molar-refractivity contribution in [3.8, 4) is 22.6 Å². The fourth-order valence-electron chi connectivity index (χ4n) is 2.56. The maximum Gasteiger partial charge on any atom is 0.164 e. The molecule has 5 nitrogen and oxygen atoms in total. The lowest BCUT2D eigenvalue weighted by Gasteiger charge is -2.09. The Morgan fingerprint density at radius 2 is 1.77 bits per heavy atom. The van der Waals surface area contributed by atoms with E-state index < -0.39 is 0 Å². The molecule has 114 valence electrons. The average Bonchev–Trinajstić information content (AvgIpc) is 2.83. The van der Waals surface area contributed by atoms with Crippen LogP contribution in [0.1, 0.15) is 11.4 Å². The number of aryl methyl sites for hydroxylation is 2. The molecule has 1 aromatic carbocycles. The van der Waals surface area contributed by atoms with Gasteiger partial charge in [-0.25, -0.2) is 9.50 Å². The molecule has 0 saturated heterocycles. The van der Waals surface area contributed by atoms with Crippen molar-refractivity contribution in [2.24, 2.45) is 0 Å². The number of nitrogens with zero attached hydrogens (tertiary/aromatic N) is 3. The SMILES string of the molecule is COc1ccc(-c2c(C)nn3c(S)cc(C)nc23)cc1OC. The van der Waals surface area contributed by atoms with E-state index in [1.54, 1.807) is 18.7 Å². The van der Waals surface area contributed by atoms with Gasteiger partial charge >= 0.3 is 0 Å². The summed E-state index contributed by atoms with van der Waals surface area (Å²) in [6.45, 7) is 3.91. The van der Waals surface area contributed by atoms with E-state index in [2.05, 4.69) is 22.7 Å². The van der Waals surface area contributed by atoms with Crippen molar-refractivity contribution in [3.05, 3.63) is 35.7 Å². The third-order valence-electron chi connectivity index (χ3n) is 3.55. The van der Waals surface area contributed by atoms with Gasteiger partial charge in [-0.05, 0) is 37.6 Å². The maximum atomic E-state index is 5.39. The first-order valence-corrected chi connectivity index (χ1v) is 7.28. The van der Waals surface area contributed by atoms with E-state index >= 15 is 0 Å². The number of ether oxygens (including phenoxy) is 2. The zero-order valence-electron chi connectivity index (χ0n) is 12.9. The van der Waals surface area contributed by atoms with Crippen LogP contribution in [-0.2, 0) is 0 Å². The van der Waals surface area contributed by atoms with Gasteiger partial charge in [0.25, 0.3) is 0 Å². The van der Waals surface area contributed by atoms with E-state index in [0.717, 1.165) is 33.2 Å². The summed E-state index contributed by atoms with van der Waals surface area (Å²) in [5, 5.41) is 5.30. The maximum absolute atomic E-state index is 5.39. The number of hydrogen-bond acceptors (Lipinski definition) is 5. The van der Waals surface area contributed by atoms with Crippen LogP contribution in [0.5, 0.6) is 11.5 Å². The van der Waals surface area contributed by atoms with Gasteiger partial charge in [0.1, 0.15) is 0 Å². The van der Waals surface area contributed by atoms with Crippen LogP contribution >= 0.6 is 12.6 Å². The molecule has 22 heavy (non-hydrogen) atoms. The number of aromatic nitrogens is 3. The smallest absolute Gasteiger partial charge is 0.164 e. The first-order chi connectivity index (χ1) is 10.5. The molecule has 3 rings (SSSR count). The van der Waals surface area contributed by atoms with Crippen molar-refractivity contribution >= 4 is 18.3 Å². The molecule has 0 N–H and O–H groups in total. The van der Waals surface area contributed by atoms with Crippen LogP contribution in [0.15, 0.2) is 29.3 Å². The highest BCUT2D eigenvalue weighted by molar-refractivity contribution is 7.80. The largest absolute Gasteiger partial charge is 0.493 e. The monoisotopic (exact) mass is 315 g/mol. The summed E-state index contributed by atoms with van der Waals surface area (Å²) in [4.78, 5) is 4.61. The Hall–Kier alpha value is -2.21. The second-order valence-corrected chi connectivity index (χ2v) is 5.48. The molecular weight excluding hydrogens is 298 g/mol. The quantitative estimate of drug-likeness (QED) is 0.595. The van der Waals surface area contributed by atoms with Crippen LogP contribution in [0.2, 0.25) is 0 Å². The lowest BCUT2D eigenvalue weighted by molar-refractivity contribution is 0.355. The minimum absolute atomic E-state index is 0.678. The molecule has 0 fully saturated rings. The molecule has 0 saturated carbocycles. The van der Waals surface area contributed by atoms with Crippen molar-refractivity contribution in [2.45, 2.75) is 18.9 Å². The molecule has 0 amide bonds. The van der Waals surface area contributed by atoms with Gasteiger partial charge in [0.05, 0.1) is 24.9 Å². The zero-order valence-corrected chi connectivity index (χ0v) is 13.8. The standard InChI is InChI=1S/C16H17N3O2S/c1-9-7-14(22)19-16(17-9)15(10(2)18-19)11-5-6-12(20-3)13(8-11)21-4/h5-8,22H,1-4H3. The summed E-state index contributed by atoms with van der Waals surface area (Å²) in [5.74, 6) is 1.37. The molecule has 0 aliphatic heterocycles. The van der Waals surface area contributed by atoms with Gasteiger partial charge in [0, 0.05) is 11.3 Å². The summed E-state index contributed by atoms with van der Waals surface area (Å²) in [6, 6.07) is 7.69. The normalized spacial score (nSPS) is 11.0. The molecule has 0 bridgehead atoms. The Bertz CT molecular complexity index is 858. The van der Waals surface area contributed by atoms with E-state index in [1.807, 2.05) is 38.1 Å². The first-order valence-electron chi connectivity index (χ1n) is 6.83. The van der Waals surface area contributed by atoms with E-state index in [1.165, 1.54) is 0 Å². The highest BCUT2D eigenvalue weighted by atomic mass is 32.1. The highest BCUT2D eigenvalue weighted by Crippen LogP contribution is 2.35. The number of methoxy groups -OCH3 is 2. The Balaban J connectivity index is 2.28. The summed E-state index contributed by atoms with van der Waals surface area (Å²) < 4.78 is 12.4. The van der Waals surface area contributed by atoms with E-state index in [9.17, 15) is 0 Å². The molecular formula is C16H17N3O2S. The van der Waals surface area contributed by atoms with Crippen LogP contribution < -0.4 is 9.47 Å². The minimum Gasteiger partial charge on any atom is -0.493 e. The van der Waals surface area contributed by atoms with Crippen LogP contribution in [0, 0.1) is 13.8 Å². The average molecular weight is 315 g/mol. The van der Waals surface area contributed by atoms with Crippen molar-refractivity contribution in [3.63, 3.8) is 0 Å². The second kappa shape index (κ2) is 5.53. The Labute approximate surface area is 134 Å². The Kier molecular flexibility index (Phi) is 3.70. The lowest BCUT2D eigenvalue weighted by Crippen LogP contribution is -1.95. The van der Waals surface area contributed by atoms with Crippen LogP contribution in [0.25, 0.3) is 16.8 Å². The van der Waals surface area contributed by atoms with Crippen LogP contribution in [0.4, 0.5) is 0 Å². The first kappa shape index (κ1) is 14.7. The molecule has 6 heteroatoms. The third-order valence-corrected chi connectivity index (χ3v) is 3.86. The minimum atomic E-state index is 0.678. The predicted octanol–water partition coefficient (Wildman–Crippen LogP) is 3.32. The van der Waals surface area contributed by atoms with Gasteiger partial charge in [-0.2, -0.15) is 5.10 Å². The summed E-state index contributed by atoms with van der Waals surface area (Å²) in [7, 11) is 3.25. The van der Waals surface area contributed by atoms with Crippen molar-refractivity contribution in [1.82, 2.24) is 14.6 Å². The van der Waals surface area contributed by atoms with E-state index in [4.69, 9.17) is 9.47 Å². The number of thiol groups is 1. The molecule has 0 aliphatic carbocycles. The fourth-order valence-corrected chi connectivity index (χ4v) is 2.88. The predicted molar refractivity (Wildman–Crippen MR) is 88.3 cm³/mol. The number of fused-ring (bicyclic) bond motifs is 1. The van der Waals surface area contributed by atoms with Crippen molar-refractivity contribution in [1.29, 1.82) is 0 Å². The van der Waals surface area contributed by atoms with Crippen LogP contribution in [-0.4, -0.2) is 28.8 Å². The molecule has 0 aliphatic rings. The topological polar surface area (TPSA) is 48.7 Å². The van der Waals surface area contributed by atoms with Crippen molar-refractivity contribution < 1.29 is 9.47 Å². The Morgan fingerprint density at radius 1 is 1.05 bits per heavy atom.